The molecule has 0 unspecified atom stereocenters. The van der Waals surface area contributed by atoms with Gasteiger partial charge >= 0.3 is 0 Å². The molecule has 0 atom stereocenters. The molecule has 2 heterocycles. The highest BCUT2D eigenvalue weighted by Crippen LogP contribution is 2.37. The number of pyridine rings is 2. The lowest BCUT2D eigenvalue weighted by Crippen LogP contribution is -2.35. The predicted molar refractivity (Wildman–Crippen MR) is 182 cm³/mol. The first kappa shape index (κ1) is 37.1. The quantitative estimate of drug-likeness (QED) is 0.0843. The summed E-state index contributed by atoms with van der Waals surface area (Å²) in [7, 11) is 3.01. The van der Waals surface area contributed by atoms with Crippen molar-refractivity contribution in [3.05, 3.63) is 93.0 Å². The van der Waals surface area contributed by atoms with E-state index in [1.807, 2.05) is 36.4 Å². The molecule has 0 aliphatic heterocycles. The Kier molecular flexibility index (Phi) is 14.5. The summed E-state index contributed by atoms with van der Waals surface area (Å²) >= 11 is 13.8. The van der Waals surface area contributed by atoms with Gasteiger partial charge in [0.05, 0.1) is 62.8 Å². The normalized spacial score (nSPS) is 11.3. The van der Waals surface area contributed by atoms with E-state index >= 15 is 0 Å². The van der Waals surface area contributed by atoms with E-state index in [0.717, 1.165) is 33.4 Å². The van der Waals surface area contributed by atoms with Crippen LogP contribution in [0.3, 0.4) is 0 Å². The molecular formula is C34H40Cl2N4O8. The fourth-order valence-corrected chi connectivity index (χ4v) is 5.24. The monoisotopic (exact) mass is 702 g/mol. The molecule has 14 heteroatoms. The van der Waals surface area contributed by atoms with Gasteiger partial charge < -0.3 is 50.0 Å². The van der Waals surface area contributed by atoms with Gasteiger partial charge in [0.25, 0.3) is 0 Å². The molecule has 0 aliphatic carbocycles. The van der Waals surface area contributed by atoms with Gasteiger partial charge in [-0.1, -0.05) is 59.6 Å². The summed E-state index contributed by atoms with van der Waals surface area (Å²) in [5.74, 6) is 1.39. The van der Waals surface area contributed by atoms with Crippen LogP contribution < -0.4 is 29.6 Å². The maximum Gasteiger partial charge on any atom is 0.220 e. The van der Waals surface area contributed by atoms with Crippen LogP contribution in [0.15, 0.2) is 60.7 Å². The first-order chi connectivity index (χ1) is 23.3. The van der Waals surface area contributed by atoms with Crippen molar-refractivity contribution in [2.45, 2.75) is 38.4 Å². The van der Waals surface area contributed by atoms with E-state index in [4.69, 9.17) is 42.1 Å². The molecular weight excluding hydrogens is 663 g/mol. The lowest BCUT2D eigenvalue weighted by Gasteiger charge is -2.16. The van der Waals surface area contributed by atoms with Crippen LogP contribution >= 0.6 is 23.2 Å². The van der Waals surface area contributed by atoms with Gasteiger partial charge in [0.15, 0.2) is 0 Å². The van der Waals surface area contributed by atoms with Crippen LogP contribution in [0.2, 0.25) is 10.0 Å². The number of rotatable bonds is 19. The molecule has 0 spiro atoms. The lowest BCUT2D eigenvalue weighted by molar-refractivity contribution is 0.169. The zero-order valence-electron chi connectivity index (χ0n) is 26.7. The van der Waals surface area contributed by atoms with E-state index in [2.05, 4.69) is 20.6 Å². The summed E-state index contributed by atoms with van der Waals surface area (Å²) in [6, 6.07) is 17.3. The summed E-state index contributed by atoms with van der Waals surface area (Å²) in [4.78, 5) is 8.87. The van der Waals surface area contributed by atoms with Crippen LogP contribution in [0.5, 0.6) is 23.5 Å². The molecule has 0 fully saturated rings. The Morgan fingerprint density at radius 3 is 1.33 bits per heavy atom. The largest absolute Gasteiger partial charge is 0.481 e. The molecule has 4 rings (SSSR count). The zero-order chi connectivity index (χ0) is 34.5. The maximum atomic E-state index is 9.29. The minimum atomic E-state index is -0.450. The third-order valence-corrected chi connectivity index (χ3v) is 8.35. The average Bonchev–Trinajstić information content (AvgIpc) is 3.12. The minimum Gasteiger partial charge on any atom is -0.481 e. The van der Waals surface area contributed by atoms with E-state index in [1.165, 1.54) is 14.2 Å². The standard InChI is InChI=1S/C34H40Cl2N4O8/c1-45-33-21(13-37-25(15-41)16-42)9-11-29(39-33)47-19-23-5-3-7-27(31(23)35)28-8-4-6-24(32(28)36)20-48-30-12-10-22(34(40-30)46-2)14-38-26(17-43)18-44/h3-12,25-26,37-38,41-44H,13-20H2,1-2H3. The molecule has 0 radical (unpaired) electrons. The van der Waals surface area contributed by atoms with Gasteiger partial charge in [0.1, 0.15) is 13.2 Å². The van der Waals surface area contributed by atoms with Crippen molar-refractivity contribution in [2.75, 3.05) is 40.6 Å². The Labute approximate surface area is 289 Å². The van der Waals surface area contributed by atoms with E-state index in [1.54, 1.807) is 24.3 Å². The number of methoxy groups -OCH3 is 2. The van der Waals surface area contributed by atoms with Crippen LogP contribution in [-0.2, 0) is 26.3 Å². The van der Waals surface area contributed by atoms with Crippen molar-refractivity contribution in [1.82, 2.24) is 20.6 Å². The molecule has 6 N–H and O–H groups in total. The highest BCUT2D eigenvalue weighted by molar-refractivity contribution is 6.37. The molecule has 0 bridgehead atoms. The van der Waals surface area contributed by atoms with Gasteiger partial charge in [-0.15, -0.1) is 0 Å². The summed E-state index contributed by atoms with van der Waals surface area (Å²) in [6.07, 6.45) is 0. The Bertz CT molecular complexity index is 1500. The fourth-order valence-electron chi connectivity index (χ4n) is 4.67. The van der Waals surface area contributed by atoms with Gasteiger partial charge in [0, 0.05) is 58.6 Å². The number of benzene rings is 2. The molecule has 4 aromatic rings. The Balaban J connectivity index is 1.44. The second-order valence-corrected chi connectivity index (χ2v) is 11.4. The van der Waals surface area contributed by atoms with E-state index in [0.29, 0.717) is 46.7 Å². The Morgan fingerprint density at radius 2 is 0.979 bits per heavy atom. The van der Waals surface area contributed by atoms with Crippen molar-refractivity contribution in [3.63, 3.8) is 0 Å². The number of aromatic nitrogens is 2. The molecule has 12 nitrogen and oxygen atoms in total. The van der Waals surface area contributed by atoms with Crippen LogP contribution in [0.4, 0.5) is 0 Å². The van der Waals surface area contributed by atoms with Gasteiger partial charge in [0.2, 0.25) is 23.5 Å². The van der Waals surface area contributed by atoms with Crippen LogP contribution in [0.1, 0.15) is 22.3 Å². The summed E-state index contributed by atoms with van der Waals surface area (Å²) in [6.45, 7) is 0.171. The first-order valence-corrected chi connectivity index (χ1v) is 15.9. The van der Waals surface area contributed by atoms with Gasteiger partial charge in [-0.3, -0.25) is 0 Å². The topological polar surface area (TPSA) is 168 Å². The molecule has 0 aliphatic rings. The highest BCUT2D eigenvalue weighted by Gasteiger charge is 2.17. The minimum absolute atomic E-state index is 0.137. The van der Waals surface area contributed by atoms with Crippen LogP contribution in [0, 0.1) is 0 Å². The number of hydrogen-bond acceptors (Lipinski definition) is 12. The smallest absolute Gasteiger partial charge is 0.220 e. The summed E-state index contributed by atoms with van der Waals surface area (Å²) in [5.41, 5.74) is 4.38. The summed E-state index contributed by atoms with van der Waals surface area (Å²) in [5, 5.41) is 44.2. The zero-order valence-corrected chi connectivity index (χ0v) is 28.2. The van der Waals surface area contributed by atoms with Gasteiger partial charge in [-0.2, -0.15) is 9.97 Å². The van der Waals surface area contributed by atoms with Crippen molar-refractivity contribution < 1.29 is 39.4 Å². The van der Waals surface area contributed by atoms with Crippen LogP contribution in [-0.4, -0.2) is 83.1 Å². The molecule has 0 saturated carbocycles. The second-order valence-electron chi connectivity index (χ2n) is 10.7. The predicted octanol–water partition coefficient (Wildman–Crippen LogP) is 3.51. The number of nitrogens with one attached hydrogen (secondary N) is 2. The van der Waals surface area contributed by atoms with Crippen molar-refractivity contribution in [3.8, 4) is 34.6 Å². The van der Waals surface area contributed by atoms with Crippen molar-refractivity contribution in [1.29, 1.82) is 0 Å². The van der Waals surface area contributed by atoms with E-state index in [9.17, 15) is 20.4 Å². The molecule has 0 saturated heterocycles. The molecule has 2 aromatic heterocycles. The average molecular weight is 704 g/mol. The Hall–Kier alpha value is -3.72. The molecule has 2 aromatic carbocycles. The van der Waals surface area contributed by atoms with E-state index < -0.39 is 12.1 Å². The first-order valence-electron chi connectivity index (χ1n) is 15.1. The summed E-state index contributed by atoms with van der Waals surface area (Å²) < 4.78 is 22.8. The molecule has 258 valence electrons. The van der Waals surface area contributed by atoms with Crippen LogP contribution in [0.25, 0.3) is 11.1 Å². The van der Waals surface area contributed by atoms with Gasteiger partial charge in [-0.25, -0.2) is 0 Å². The van der Waals surface area contributed by atoms with Crippen molar-refractivity contribution >= 4 is 23.2 Å². The fraction of sp³-hybridized carbons (Fsp3) is 0.353. The SMILES string of the molecule is COc1nc(OCc2cccc(-c3cccc(COc4ccc(CNC(CO)CO)c(OC)n4)c3Cl)c2Cl)ccc1CNC(CO)CO. The number of aliphatic hydroxyl groups is 4. The highest BCUT2D eigenvalue weighted by atomic mass is 35.5. The third kappa shape index (κ3) is 9.68. The number of hydrogen-bond donors (Lipinski definition) is 6. The molecule has 48 heavy (non-hydrogen) atoms. The maximum absolute atomic E-state index is 9.29. The number of aliphatic hydroxyl groups excluding tert-OH is 4. The number of nitrogens with zero attached hydrogens (tertiary/aromatic N) is 2. The Morgan fingerprint density at radius 1 is 0.583 bits per heavy atom. The van der Waals surface area contributed by atoms with Crippen molar-refractivity contribution in [2.24, 2.45) is 0 Å². The number of ether oxygens (including phenoxy) is 4. The second kappa shape index (κ2) is 18.7. The van der Waals surface area contributed by atoms with Gasteiger partial charge in [-0.05, 0) is 12.1 Å². The third-order valence-electron chi connectivity index (χ3n) is 7.46. The number of halogens is 2. The lowest BCUT2D eigenvalue weighted by atomic mass is 10.0. The van der Waals surface area contributed by atoms with E-state index in [-0.39, 0.29) is 39.6 Å². The molecule has 0 amide bonds.